The summed E-state index contributed by atoms with van der Waals surface area (Å²) in [5.74, 6) is 1.99. The van der Waals surface area contributed by atoms with Crippen LogP contribution in [0, 0.1) is 0 Å². The van der Waals surface area contributed by atoms with Crippen molar-refractivity contribution >= 4 is 0 Å². The maximum Gasteiger partial charge on any atom is 0.138 e. The molecule has 152 valence electrons. The van der Waals surface area contributed by atoms with Crippen molar-refractivity contribution in [2.75, 3.05) is 14.2 Å². The van der Waals surface area contributed by atoms with E-state index in [1.54, 1.807) is 14.2 Å². The smallest absolute Gasteiger partial charge is 0.138 e. The third-order valence-electron chi connectivity index (χ3n) is 5.37. The highest BCUT2D eigenvalue weighted by Crippen LogP contribution is 2.51. The number of phenols is 1. The fourth-order valence-corrected chi connectivity index (χ4v) is 3.92. The van der Waals surface area contributed by atoms with Gasteiger partial charge in [0.1, 0.15) is 17.2 Å². The first-order chi connectivity index (χ1) is 13.9. The second-order valence-corrected chi connectivity index (χ2v) is 7.86. The lowest BCUT2D eigenvalue weighted by Crippen LogP contribution is -2.00. The summed E-state index contributed by atoms with van der Waals surface area (Å²) in [5, 5.41) is 11.6. The van der Waals surface area contributed by atoms with Gasteiger partial charge in [0.05, 0.1) is 25.3 Å². The van der Waals surface area contributed by atoms with Crippen molar-refractivity contribution < 1.29 is 14.6 Å². The monoisotopic (exact) mass is 390 g/mol. The van der Waals surface area contributed by atoms with Crippen LogP contribution in [0.1, 0.15) is 50.7 Å². The standard InChI is InChI=1S/C26H30O3/c1-16(2)18-11-7-9-13-20(18)24-22(28-5)15-23(29-6)25(26(24)27)21-14-10-8-12-19(21)17(3)4/h7-17,27H,1-6H3. The molecule has 0 radical (unpaired) electrons. The van der Waals surface area contributed by atoms with Gasteiger partial charge in [-0.15, -0.1) is 0 Å². The Balaban J connectivity index is 2.41. The van der Waals surface area contributed by atoms with E-state index in [-0.39, 0.29) is 5.75 Å². The van der Waals surface area contributed by atoms with Crippen LogP contribution in [-0.4, -0.2) is 19.3 Å². The van der Waals surface area contributed by atoms with Gasteiger partial charge >= 0.3 is 0 Å². The molecule has 0 aliphatic carbocycles. The second-order valence-electron chi connectivity index (χ2n) is 7.86. The van der Waals surface area contributed by atoms with Crippen LogP contribution in [0.4, 0.5) is 0 Å². The number of methoxy groups -OCH3 is 2. The van der Waals surface area contributed by atoms with Crippen LogP contribution in [-0.2, 0) is 0 Å². The quantitative estimate of drug-likeness (QED) is 0.493. The molecule has 0 saturated carbocycles. The van der Waals surface area contributed by atoms with E-state index in [1.807, 2.05) is 42.5 Å². The molecule has 0 atom stereocenters. The Hall–Kier alpha value is -2.94. The van der Waals surface area contributed by atoms with E-state index < -0.39 is 0 Å². The van der Waals surface area contributed by atoms with Crippen molar-refractivity contribution in [3.05, 3.63) is 65.7 Å². The van der Waals surface area contributed by atoms with Crippen LogP contribution in [0.15, 0.2) is 54.6 Å². The number of hydrogen-bond acceptors (Lipinski definition) is 3. The van der Waals surface area contributed by atoms with Crippen LogP contribution in [0.3, 0.4) is 0 Å². The highest BCUT2D eigenvalue weighted by atomic mass is 16.5. The molecule has 3 nitrogen and oxygen atoms in total. The van der Waals surface area contributed by atoms with E-state index in [4.69, 9.17) is 9.47 Å². The Morgan fingerprint density at radius 2 is 1.03 bits per heavy atom. The molecule has 0 heterocycles. The van der Waals surface area contributed by atoms with E-state index in [0.717, 1.165) is 22.3 Å². The molecule has 3 aromatic rings. The van der Waals surface area contributed by atoms with Gasteiger partial charge in [-0.2, -0.15) is 0 Å². The second kappa shape index (κ2) is 8.60. The largest absolute Gasteiger partial charge is 0.506 e. The summed E-state index contributed by atoms with van der Waals surface area (Å²) >= 11 is 0. The van der Waals surface area contributed by atoms with Crippen molar-refractivity contribution in [3.8, 4) is 39.5 Å². The highest BCUT2D eigenvalue weighted by molar-refractivity contribution is 5.91. The SMILES string of the molecule is COc1cc(OC)c(-c2ccccc2C(C)C)c(O)c1-c1ccccc1C(C)C. The van der Waals surface area contributed by atoms with E-state index in [0.29, 0.717) is 34.5 Å². The van der Waals surface area contributed by atoms with E-state index in [9.17, 15) is 5.11 Å². The molecular formula is C26H30O3. The molecule has 0 amide bonds. The number of aromatic hydroxyl groups is 1. The summed E-state index contributed by atoms with van der Waals surface area (Å²) in [4.78, 5) is 0. The average Bonchev–Trinajstić information content (AvgIpc) is 2.72. The highest BCUT2D eigenvalue weighted by Gasteiger charge is 2.25. The Bertz CT molecular complexity index is 925. The van der Waals surface area contributed by atoms with Gasteiger partial charge < -0.3 is 14.6 Å². The number of benzene rings is 3. The lowest BCUT2D eigenvalue weighted by Gasteiger charge is -2.22. The lowest BCUT2D eigenvalue weighted by molar-refractivity contribution is 0.388. The molecule has 0 spiro atoms. The molecule has 1 N–H and O–H groups in total. The van der Waals surface area contributed by atoms with Crippen LogP contribution in [0.5, 0.6) is 17.2 Å². The van der Waals surface area contributed by atoms with Gasteiger partial charge in [-0.3, -0.25) is 0 Å². The summed E-state index contributed by atoms with van der Waals surface area (Å²) < 4.78 is 11.4. The van der Waals surface area contributed by atoms with Gasteiger partial charge in [0.2, 0.25) is 0 Å². The number of phenolic OH excluding ortho intramolecular Hbond substituents is 1. The predicted molar refractivity (Wildman–Crippen MR) is 120 cm³/mol. The van der Waals surface area contributed by atoms with Gasteiger partial charge in [0, 0.05) is 6.07 Å². The van der Waals surface area contributed by atoms with Gasteiger partial charge in [-0.1, -0.05) is 76.2 Å². The van der Waals surface area contributed by atoms with Gasteiger partial charge in [-0.05, 0) is 34.1 Å². The molecule has 3 heteroatoms. The minimum Gasteiger partial charge on any atom is -0.506 e. The van der Waals surface area contributed by atoms with Crippen LogP contribution in [0.25, 0.3) is 22.3 Å². The van der Waals surface area contributed by atoms with Gasteiger partial charge in [0.25, 0.3) is 0 Å². The maximum absolute atomic E-state index is 11.6. The molecule has 0 saturated heterocycles. The van der Waals surface area contributed by atoms with Crippen LogP contribution < -0.4 is 9.47 Å². The Morgan fingerprint density at radius 1 is 0.655 bits per heavy atom. The number of ether oxygens (including phenoxy) is 2. The molecule has 3 rings (SSSR count). The Labute approximate surface area is 173 Å². The number of hydrogen-bond donors (Lipinski definition) is 1. The minimum atomic E-state index is 0.183. The van der Waals surface area contributed by atoms with Gasteiger partial charge in [0.15, 0.2) is 0 Å². The summed E-state index contributed by atoms with van der Waals surface area (Å²) in [5.41, 5.74) is 5.67. The molecule has 29 heavy (non-hydrogen) atoms. The molecule has 3 aromatic carbocycles. The molecule has 0 unspecified atom stereocenters. The third-order valence-corrected chi connectivity index (χ3v) is 5.37. The van der Waals surface area contributed by atoms with E-state index >= 15 is 0 Å². The van der Waals surface area contributed by atoms with Crippen molar-refractivity contribution in [2.45, 2.75) is 39.5 Å². The zero-order valence-corrected chi connectivity index (χ0v) is 18.1. The van der Waals surface area contributed by atoms with Crippen LogP contribution in [0.2, 0.25) is 0 Å². The minimum absolute atomic E-state index is 0.183. The Morgan fingerprint density at radius 3 is 1.38 bits per heavy atom. The third kappa shape index (κ3) is 3.82. The van der Waals surface area contributed by atoms with Crippen molar-refractivity contribution in [1.29, 1.82) is 0 Å². The first-order valence-electron chi connectivity index (χ1n) is 10.1. The molecule has 0 aromatic heterocycles. The normalized spacial score (nSPS) is 11.2. The molecule has 0 bridgehead atoms. The first-order valence-corrected chi connectivity index (χ1v) is 10.1. The predicted octanol–water partition coefficient (Wildman–Crippen LogP) is 6.99. The summed E-state index contributed by atoms with van der Waals surface area (Å²) in [6.45, 7) is 8.61. The topological polar surface area (TPSA) is 38.7 Å². The molecule has 0 fully saturated rings. The summed E-state index contributed by atoms with van der Waals surface area (Å²) in [6.07, 6.45) is 0. The lowest BCUT2D eigenvalue weighted by atomic mass is 9.87. The Kier molecular flexibility index (Phi) is 6.17. The van der Waals surface area contributed by atoms with Crippen molar-refractivity contribution in [2.24, 2.45) is 0 Å². The van der Waals surface area contributed by atoms with Gasteiger partial charge in [-0.25, -0.2) is 0 Å². The fourth-order valence-electron chi connectivity index (χ4n) is 3.92. The molecule has 0 aliphatic rings. The van der Waals surface area contributed by atoms with Crippen molar-refractivity contribution in [3.63, 3.8) is 0 Å². The van der Waals surface area contributed by atoms with E-state index in [1.165, 1.54) is 0 Å². The van der Waals surface area contributed by atoms with Crippen LogP contribution >= 0.6 is 0 Å². The van der Waals surface area contributed by atoms with E-state index in [2.05, 4.69) is 39.8 Å². The first kappa shape index (κ1) is 20.8. The maximum atomic E-state index is 11.6. The summed E-state index contributed by atoms with van der Waals surface area (Å²) in [6, 6.07) is 18.2. The zero-order valence-electron chi connectivity index (χ0n) is 18.1. The fraction of sp³-hybridized carbons (Fsp3) is 0.308. The molecular weight excluding hydrogens is 360 g/mol. The number of rotatable bonds is 6. The molecule has 0 aliphatic heterocycles. The average molecular weight is 391 g/mol. The zero-order chi connectivity index (χ0) is 21.1. The summed E-state index contributed by atoms with van der Waals surface area (Å²) in [7, 11) is 3.24. The van der Waals surface area contributed by atoms with Crippen molar-refractivity contribution in [1.82, 2.24) is 0 Å².